The average molecular weight is 401 g/mol. The highest BCUT2D eigenvalue weighted by molar-refractivity contribution is 9.10. The zero-order valence-corrected chi connectivity index (χ0v) is 15.3. The van der Waals surface area contributed by atoms with Gasteiger partial charge in [-0.25, -0.2) is 0 Å². The van der Waals surface area contributed by atoms with Gasteiger partial charge in [-0.1, -0.05) is 46.3 Å². The molecule has 120 valence electrons. The third-order valence-electron chi connectivity index (χ3n) is 4.14. The second-order valence-corrected chi connectivity index (χ2v) is 6.90. The molecule has 1 aromatic heterocycles. The van der Waals surface area contributed by atoms with Gasteiger partial charge in [-0.15, -0.1) is 0 Å². The molecule has 1 saturated heterocycles. The third-order valence-corrected chi connectivity index (χ3v) is 4.99. The molecule has 1 aliphatic rings. The van der Waals surface area contributed by atoms with E-state index in [-0.39, 0.29) is 16.8 Å². The van der Waals surface area contributed by atoms with Crippen molar-refractivity contribution >= 4 is 44.9 Å². The van der Waals surface area contributed by atoms with E-state index in [1.807, 2.05) is 60.2 Å². The minimum atomic E-state index is -0.521. The van der Waals surface area contributed by atoms with E-state index in [2.05, 4.69) is 27.1 Å². The smallest absolute Gasteiger partial charge is 0.295 e. The fourth-order valence-corrected chi connectivity index (χ4v) is 3.54. The molecule has 4 nitrogen and oxygen atoms in total. The van der Waals surface area contributed by atoms with Gasteiger partial charge >= 0.3 is 0 Å². The van der Waals surface area contributed by atoms with E-state index < -0.39 is 6.04 Å². The van der Waals surface area contributed by atoms with Crippen LogP contribution in [0.2, 0.25) is 0 Å². The summed E-state index contributed by atoms with van der Waals surface area (Å²) in [5.41, 5.74) is 2.40. The van der Waals surface area contributed by atoms with Crippen molar-refractivity contribution in [3.05, 3.63) is 70.0 Å². The Kier molecular flexibility index (Phi) is 4.71. The first-order valence-electron chi connectivity index (χ1n) is 7.40. The van der Waals surface area contributed by atoms with Crippen LogP contribution in [0, 0.1) is 12.3 Å². The number of rotatable bonds is 2. The monoisotopic (exact) mass is 400 g/mol. The van der Waals surface area contributed by atoms with Gasteiger partial charge in [0, 0.05) is 23.5 Å². The predicted octanol–water partition coefficient (Wildman–Crippen LogP) is 3.00. The zero-order chi connectivity index (χ0) is 17.3. The Morgan fingerprint density at radius 2 is 1.96 bits per heavy atom. The number of amides is 1. The second kappa shape index (κ2) is 6.77. The summed E-state index contributed by atoms with van der Waals surface area (Å²) >= 11 is 8.70. The largest absolute Gasteiger partial charge is 0.310 e. The van der Waals surface area contributed by atoms with Gasteiger partial charge < -0.3 is 5.32 Å². The number of pyridine rings is 1. The number of nitrogens with one attached hydrogen (secondary N) is 2. The molecule has 6 heteroatoms. The van der Waals surface area contributed by atoms with Crippen LogP contribution >= 0.6 is 28.1 Å². The number of nitrogens with zero attached hydrogens (tertiary/aromatic N) is 1. The SMILES string of the molecule is Cc1cccc[n+]1[C@H]1C(=O)NC(=S)C(=C=N)[C@@H]1c1ccc(Br)cc1. The van der Waals surface area contributed by atoms with Gasteiger partial charge in [-0.05, 0) is 23.6 Å². The molecule has 0 aliphatic carbocycles. The molecule has 1 aromatic carbocycles. The number of carbonyl (C=O) groups excluding carboxylic acids is 1. The van der Waals surface area contributed by atoms with E-state index in [1.165, 1.54) is 0 Å². The lowest BCUT2D eigenvalue weighted by atomic mass is 9.81. The van der Waals surface area contributed by atoms with Crippen LogP contribution < -0.4 is 9.88 Å². The van der Waals surface area contributed by atoms with Crippen LogP contribution in [0.4, 0.5) is 0 Å². The van der Waals surface area contributed by atoms with Gasteiger partial charge in [-0.3, -0.25) is 10.2 Å². The molecule has 1 amide bonds. The second-order valence-electron chi connectivity index (χ2n) is 5.58. The van der Waals surface area contributed by atoms with Gasteiger partial charge in [0.15, 0.2) is 11.9 Å². The number of benzene rings is 1. The Labute approximate surface area is 153 Å². The molecule has 2 aromatic rings. The minimum absolute atomic E-state index is 0.175. The summed E-state index contributed by atoms with van der Waals surface area (Å²) in [6.45, 7) is 1.95. The topological polar surface area (TPSA) is 56.8 Å². The van der Waals surface area contributed by atoms with Gasteiger partial charge in [0.25, 0.3) is 5.91 Å². The van der Waals surface area contributed by atoms with Crippen LogP contribution in [-0.2, 0) is 4.79 Å². The number of piperidine rings is 1. The number of carbonyl (C=O) groups is 1. The first-order chi connectivity index (χ1) is 11.5. The van der Waals surface area contributed by atoms with Crippen LogP contribution in [-0.4, -0.2) is 16.8 Å². The molecule has 0 radical (unpaired) electrons. The van der Waals surface area contributed by atoms with Crippen molar-refractivity contribution in [1.29, 1.82) is 5.41 Å². The Morgan fingerprint density at radius 3 is 2.58 bits per heavy atom. The van der Waals surface area contributed by atoms with Gasteiger partial charge in [0.05, 0.1) is 11.5 Å². The van der Waals surface area contributed by atoms with E-state index in [4.69, 9.17) is 17.6 Å². The molecule has 24 heavy (non-hydrogen) atoms. The van der Waals surface area contributed by atoms with Crippen molar-refractivity contribution < 1.29 is 9.36 Å². The maximum atomic E-state index is 12.7. The summed E-state index contributed by atoms with van der Waals surface area (Å²) in [4.78, 5) is 13.0. The third kappa shape index (κ3) is 2.96. The summed E-state index contributed by atoms with van der Waals surface area (Å²) in [5, 5.41) is 10.4. The van der Waals surface area contributed by atoms with E-state index in [0.717, 1.165) is 15.7 Å². The fourth-order valence-electron chi connectivity index (χ4n) is 3.00. The molecule has 3 rings (SSSR count). The lowest BCUT2D eigenvalue weighted by molar-refractivity contribution is -0.717. The molecule has 1 aliphatic heterocycles. The Hall–Kier alpha value is -2.14. The highest BCUT2D eigenvalue weighted by Crippen LogP contribution is 2.35. The van der Waals surface area contributed by atoms with Crippen LogP contribution in [0.25, 0.3) is 0 Å². The van der Waals surface area contributed by atoms with Crippen molar-refractivity contribution in [2.45, 2.75) is 18.9 Å². The van der Waals surface area contributed by atoms with Crippen molar-refractivity contribution in [2.24, 2.45) is 0 Å². The maximum Gasteiger partial charge on any atom is 0.295 e. The summed E-state index contributed by atoms with van der Waals surface area (Å²) in [5.74, 6) is 1.91. The maximum absolute atomic E-state index is 12.7. The van der Waals surface area contributed by atoms with Crippen molar-refractivity contribution in [3.63, 3.8) is 0 Å². The molecule has 2 atom stereocenters. The molecule has 0 spiro atoms. The number of hydrogen-bond acceptors (Lipinski definition) is 3. The summed E-state index contributed by atoms with van der Waals surface area (Å²) in [7, 11) is 0. The zero-order valence-electron chi connectivity index (χ0n) is 12.9. The first kappa shape index (κ1) is 16.7. The fraction of sp³-hybridized carbons (Fsp3) is 0.167. The standard InChI is InChI=1S/C18H14BrN3OS/c1-11-4-2-3-9-22(11)16-15(12-5-7-13(19)8-6-12)14(10-20)18(24)21-17(16)23/h2-9,15-16,20H,1H3/p+1/t15-,16+/m0/s1. The first-order valence-corrected chi connectivity index (χ1v) is 8.60. The molecule has 0 saturated carbocycles. The molecular formula is C18H15BrN3OS+. The van der Waals surface area contributed by atoms with E-state index >= 15 is 0 Å². The van der Waals surface area contributed by atoms with Crippen LogP contribution in [0.15, 0.2) is 58.7 Å². The number of halogens is 1. The predicted molar refractivity (Wildman–Crippen MR) is 99.3 cm³/mol. The lowest BCUT2D eigenvalue weighted by Crippen LogP contribution is -2.57. The average Bonchev–Trinajstić information content (AvgIpc) is 2.56. The van der Waals surface area contributed by atoms with Crippen LogP contribution in [0.5, 0.6) is 0 Å². The van der Waals surface area contributed by atoms with E-state index in [0.29, 0.717) is 5.57 Å². The summed E-state index contributed by atoms with van der Waals surface area (Å²) in [6.07, 6.45) is 1.88. The molecule has 0 unspecified atom stereocenters. The van der Waals surface area contributed by atoms with Gasteiger partial charge in [0.2, 0.25) is 6.04 Å². The van der Waals surface area contributed by atoms with Crippen molar-refractivity contribution in [3.8, 4) is 0 Å². The van der Waals surface area contributed by atoms with Gasteiger partial charge in [-0.2, -0.15) is 4.57 Å². The van der Waals surface area contributed by atoms with Gasteiger partial charge in [0.1, 0.15) is 4.99 Å². The Morgan fingerprint density at radius 1 is 1.25 bits per heavy atom. The van der Waals surface area contributed by atoms with Crippen molar-refractivity contribution in [2.75, 3.05) is 0 Å². The number of aromatic nitrogens is 1. The van der Waals surface area contributed by atoms with Crippen LogP contribution in [0.1, 0.15) is 23.2 Å². The molecule has 0 bridgehead atoms. The highest BCUT2D eigenvalue weighted by Gasteiger charge is 2.46. The van der Waals surface area contributed by atoms with Crippen LogP contribution in [0.3, 0.4) is 0 Å². The molecule has 2 N–H and O–H groups in total. The molecular weight excluding hydrogens is 386 g/mol. The van der Waals surface area contributed by atoms with Crippen molar-refractivity contribution in [1.82, 2.24) is 5.32 Å². The highest BCUT2D eigenvalue weighted by atomic mass is 79.9. The Bertz CT molecular complexity index is 872. The number of aryl methyl sites for hydroxylation is 1. The normalized spacial score (nSPS) is 20.5. The minimum Gasteiger partial charge on any atom is -0.310 e. The Balaban J connectivity index is 2.21. The van der Waals surface area contributed by atoms with E-state index in [1.54, 1.807) is 0 Å². The lowest BCUT2D eigenvalue weighted by Gasteiger charge is -2.29. The van der Waals surface area contributed by atoms with E-state index in [9.17, 15) is 4.79 Å². The number of thiocarbonyl (C=S) groups is 1. The number of hydrogen-bond donors (Lipinski definition) is 2. The molecule has 2 heterocycles. The summed E-state index contributed by atoms with van der Waals surface area (Å²) in [6, 6.07) is 13.0. The molecule has 1 fully saturated rings. The summed E-state index contributed by atoms with van der Waals surface area (Å²) < 4.78 is 2.87. The quantitative estimate of drug-likeness (QED) is 0.352.